The molecule has 8 atom stereocenters. The Morgan fingerprint density at radius 2 is 1.58 bits per heavy atom. The number of rotatable bonds is 5. The maximum absolute atomic E-state index is 8.78. The van der Waals surface area contributed by atoms with Crippen LogP contribution in [0.15, 0.2) is 0 Å². The van der Waals surface area contributed by atoms with Crippen molar-refractivity contribution in [1.29, 1.82) is 0 Å². The maximum atomic E-state index is 8.78. The molecule has 180 valence electrons. The summed E-state index contributed by atoms with van der Waals surface area (Å²) in [6.07, 6.45) is 18.6. The summed E-state index contributed by atoms with van der Waals surface area (Å²) in [5.74, 6) is 7.15. The molecule has 0 bridgehead atoms. The second kappa shape index (κ2) is 10.0. The average Bonchev–Trinajstić information content (AvgIpc) is 3.04. The fourth-order valence-corrected chi connectivity index (χ4v) is 9.32. The molecule has 0 aromatic carbocycles. The molecule has 0 aliphatic heterocycles. The van der Waals surface area contributed by atoms with Gasteiger partial charge >= 0.3 is 6.09 Å². The lowest BCUT2D eigenvalue weighted by Gasteiger charge is -2.61. The van der Waals surface area contributed by atoms with Crippen LogP contribution < -0.4 is 5.73 Å². The molecule has 0 spiro atoms. The predicted molar refractivity (Wildman–Crippen MR) is 130 cm³/mol. The third kappa shape index (κ3) is 5.11. The van der Waals surface area contributed by atoms with E-state index in [-0.39, 0.29) is 0 Å². The van der Waals surface area contributed by atoms with E-state index >= 15 is 0 Å². The molecule has 3 heteroatoms. The van der Waals surface area contributed by atoms with Crippen molar-refractivity contribution < 1.29 is 9.90 Å². The Balaban J connectivity index is 0.000000628. The smallest absolute Gasteiger partial charge is 0.402 e. The highest BCUT2D eigenvalue weighted by Crippen LogP contribution is 2.68. The largest absolute Gasteiger partial charge is 0.465 e. The molecule has 0 aromatic heterocycles. The number of hydrogen-bond acceptors (Lipinski definition) is 1. The summed E-state index contributed by atoms with van der Waals surface area (Å²) in [4.78, 5) is 8.78. The SMILES string of the molecule is CC(C)CCC[C@@H](C)[C@H]1CC[C@H]2[C@@H]3CCC4CCCC[C@]4(C)[C@H]3CC[C@]12C.NC(=O)O. The van der Waals surface area contributed by atoms with Gasteiger partial charge in [0.15, 0.2) is 0 Å². The molecule has 4 aliphatic rings. The van der Waals surface area contributed by atoms with Crippen molar-refractivity contribution in [2.24, 2.45) is 58.0 Å². The monoisotopic (exact) mass is 433 g/mol. The van der Waals surface area contributed by atoms with Gasteiger partial charge in [0.1, 0.15) is 0 Å². The summed E-state index contributed by atoms with van der Waals surface area (Å²) in [7, 11) is 0. The Morgan fingerprint density at radius 3 is 2.26 bits per heavy atom. The van der Waals surface area contributed by atoms with Crippen LogP contribution in [-0.4, -0.2) is 11.2 Å². The van der Waals surface area contributed by atoms with Crippen molar-refractivity contribution in [3.05, 3.63) is 0 Å². The molecule has 1 unspecified atom stereocenters. The molecule has 0 heterocycles. The normalized spacial score (nSPS) is 42.6. The Bertz CT molecular complexity index is 600. The zero-order valence-electron chi connectivity index (χ0n) is 21.2. The minimum atomic E-state index is -1.33. The first-order chi connectivity index (χ1) is 14.6. The third-order valence-corrected chi connectivity index (χ3v) is 10.8. The number of carboxylic acid groups (broad SMARTS) is 1. The summed E-state index contributed by atoms with van der Waals surface area (Å²) in [6, 6.07) is 0. The van der Waals surface area contributed by atoms with Gasteiger partial charge in [0.2, 0.25) is 0 Å². The second-order valence-electron chi connectivity index (χ2n) is 12.8. The molecule has 4 rings (SSSR count). The van der Waals surface area contributed by atoms with Crippen LogP contribution in [0.1, 0.15) is 118 Å². The van der Waals surface area contributed by atoms with Crippen molar-refractivity contribution in [2.75, 3.05) is 0 Å². The summed E-state index contributed by atoms with van der Waals surface area (Å²) in [5.41, 5.74) is 5.42. The Labute approximate surface area is 192 Å². The van der Waals surface area contributed by atoms with Crippen LogP contribution in [0.2, 0.25) is 0 Å². The molecule has 4 aliphatic carbocycles. The minimum Gasteiger partial charge on any atom is -0.465 e. The predicted octanol–water partition coefficient (Wildman–Crippen LogP) is 8.12. The van der Waals surface area contributed by atoms with Crippen molar-refractivity contribution in [3.63, 3.8) is 0 Å². The topological polar surface area (TPSA) is 63.3 Å². The van der Waals surface area contributed by atoms with E-state index in [9.17, 15) is 0 Å². The lowest BCUT2D eigenvalue weighted by atomic mass is 9.44. The van der Waals surface area contributed by atoms with E-state index in [1.54, 1.807) is 51.4 Å². The lowest BCUT2D eigenvalue weighted by molar-refractivity contribution is -0.114. The first-order valence-corrected chi connectivity index (χ1v) is 13.6. The quantitative estimate of drug-likeness (QED) is 0.459. The average molecular weight is 434 g/mol. The van der Waals surface area contributed by atoms with Gasteiger partial charge in [-0.05, 0) is 104 Å². The van der Waals surface area contributed by atoms with Gasteiger partial charge in [0.05, 0.1) is 0 Å². The number of carbonyl (C=O) groups is 1. The zero-order chi connectivity index (χ0) is 22.8. The molecule has 4 fully saturated rings. The van der Waals surface area contributed by atoms with Crippen molar-refractivity contribution >= 4 is 6.09 Å². The highest BCUT2D eigenvalue weighted by atomic mass is 16.4. The Hall–Kier alpha value is -0.730. The first kappa shape index (κ1) is 24.9. The van der Waals surface area contributed by atoms with Crippen molar-refractivity contribution in [1.82, 2.24) is 0 Å². The van der Waals surface area contributed by atoms with E-state index < -0.39 is 6.09 Å². The molecular weight excluding hydrogens is 382 g/mol. The molecule has 0 radical (unpaired) electrons. The summed E-state index contributed by atoms with van der Waals surface area (Å²) < 4.78 is 0. The first-order valence-electron chi connectivity index (χ1n) is 13.6. The van der Waals surface area contributed by atoms with Crippen molar-refractivity contribution in [3.8, 4) is 0 Å². The van der Waals surface area contributed by atoms with Gasteiger partial charge in [-0.1, -0.05) is 66.7 Å². The number of primary amides is 1. The van der Waals surface area contributed by atoms with Crippen LogP contribution in [0.4, 0.5) is 4.79 Å². The third-order valence-electron chi connectivity index (χ3n) is 10.8. The summed E-state index contributed by atoms with van der Waals surface area (Å²) >= 11 is 0. The van der Waals surface area contributed by atoms with Crippen LogP contribution in [0.3, 0.4) is 0 Å². The standard InChI is InChI=1S/C27H48.CH3NO2/c1-19(2)9-8-10-20(3)23-14-15-24-22-13-12-21-11-6-7-17-26(21,4)25(22)16-18-27(23,24)5;2-1(3)4/h19-25H,6-18H2,1-5H3;2H2,(H,3,4)/t20-,21?,22+,23-,24+,25+,26+,27-;/m1./s1. The Morgan fingerprint density at radius 1 is 0.903 bits per heavy atom. The van der Waals surface area contributed by atoms with Gasteiger partial charge in [-0.25, -0.2) is 4.79 Å². The molecule has 31 heavy (non-hydrogen) atoms. The van der Waals surface area contributed by atoms with Gasteiger partial charge in [0.25, 0.3) is 0 Å². The van der Waals surface area contributed by atoms with Crippen LogP contribution in [-0.2, 0) is 0 Å². The molecule has 3 N–H and O–H groups in total. The molecule has 4 saturated carbocycles. The van der Waals surface area contributed by atoms with Gasteiger partial charge in [-0.3, -0.25) is 0 Å². The van der Waals surface area contributed by atoms with Crippen LogP contribution in [0.5, 0.6) is 0 Å². The fraction of sp³-hybridized carbons (Fsp3) is 0.964. The van der Waals surface area contributed by atoms with Crippen LogP contribution in [0.25, 0.3) is 0 Å². The number of nitrogens with two attached hydrogens (primary N) is 1. The van der Waals surface area contributed by atoms with E-state index in [0.29, 0.717) is 10.8 Å². The molecule has 3 nitrogen and oxygen atoms in total. The van der Waals surface area contributed by atoms with Crippen molar-refractivity contribution in [2.45, 2.75) is 118 Å². The van der Waals surface area contributed by atoms with E-state index in [4.69, 9.17) is 9.90 Å². The highest BCUT2D eigenvalue weighted by molar-refractivity contribution is 5.61. The zero-order valence-corrected chi connectivity index (χ0v) is 21.2. The van der Waals surface area contributed by atoms with Crippen LogP contribution >= 0.6 is 0 Å². The number of fused-ring (bicyclic) bond motifs is 5. The van der Waals surface area contributed by atoms with E-state index in [0.717, 1.165) is 41.4 Å². The van der Waals surface area contributed by atoms with E-state index in [1.165, 1.54) is 32.1 Å². The van der Waals surface area contributed by atoms with E-state index in [1.807, 2.05) is 0 Å². The molecule has 0 saturated heterocycles. The van der Waals surface area contributed by atoms with Gasteiger partial charge in [-0.2, -0.15) is 0 Å². The number of amides is 1. The van der Waals surface area contributed by atoms with E-state index in [2.05, 4.69) is 40.4 Å². The molecule has 1 amide bonds. The van der Waals surface area contributed by atoms with Crippen LogP contribution in [0, 0.1) is 52.3 Å². The second-order valence-corrected chi connectivity index (χ2v) is 12.8. The highest BCUT2D eigenvalue weighted by Gasteiger charge is 2.59. The molecular formula is C28H51NO2. The van der Waals surface area contributed by atoms with Gasteiger partial charge in [-0.15, -0.1) is 0 Å². The lowest BCUT2D eigenvalue weighted by Crippen LogP contribution is -2.53. The van der Waals surface area contributed by atoms with Gasteiger partial charge < -0.3 is 10.8 Å². The number of hydrogen-bond donors (Lipinski definition) is 2. The summed E-state index contributed by atoms with van der Waals surface area (Å²) in [6.45, 7) is 12.9. The minimum absolute atomic E-state index is 0.677. The molecule has 0 aromatic rings. The van der Waals surface area contributed by atoms with Gasteiger partial charge in [0, 0.05) is 0 Å². The maximum Gasteiger partial charge on any atom is 0.402 e. The summed E-state index contributed by atoms with van der Waals surface area (Å²) in [5, 5.41) is 7.19. The Kier molecular flexibility index (Phi) is 8.07. The fourth-order valence-electron chi connectivity index (χ4n) is 9.32.